The van der Waals surface area contributed by atoms with Crippen LogP contribution in [0.25, 0.3) is 0 Å². The molecule has 2 unspecified atom stereocenters. The first kappa shape index (κ1) is 5.73. The Labute approximate surface area is 47.2 Å². The molecule has 0 bridgehead atoms. The molecule has 0 spiro atoms. The van der Waals surface area contributed by atoms with Gasteiger partial charge in [-0.25, -0.2) is 8.78 Å². The van der Waals surface area contributed by atoms with Crippen LogP contribution in [0.4, 0.5) is 8.78 Å². The summed E-state index contributed by atoms with van der Waals surface area (Å²) >= 11 is 0. The van der Waals surface area contributed by atoms with Crippen molar-refractivity contribution in [1.29, 1.82) is 0 Å². The van der Waals surface area contributed by atoms with Crippen molar-refractivity contribution in [1.82, 2.24) is 0 Å². The minimum absolute atomic E-state index is 0.0521. The number of rotatable bonds is 0. The smallest absolute Gasteiger partial charge is 0.121 e. The lowest BCUT2D eigenvalue weighted by Gasteiger charge is -2.11. The topological polar surface area (TPSA) is 0 Å². The van der Waals surface area contributed by atoms with Gasteiger partial charge in [0, 0.05) is 6.42 Å². The fourth-order valence-electron chi connectivity index (χ4n) is 0.793. The van der Waals surface area contributed by atoms with Gasteiger partial charge in [-0.1, -0.05) is 12.2 Å². The number of halogens is 2. The number of hydrogen-bond donors (Lipinski definition) is 0. The van der Waals surface area contributed by atoms with Crippen molar-refractivity contribution in [2.75, 3.05) is 0 Å². The first-order valence-electron chi connectivity index (χ1n) is 2.74. The van der Waals surface area contributed by atoms with Gasteiger partial charge in [-0.2, -0.15) is 0 Å². The predicted molar refractivity (Wildman–Crippen MR) is 28.2 cm³/mol. The highest BCUT2D eigenvalue weighted by Gasteiger charge is 2.14. The van der Waals surface area contributed by atoms with Gasteiger partial charge in [-0.3, -0.25) is 0 Å². The maximum absolute atomic E-state index is 12.1. The standard InChI is InChI=1S/C6H8F2/c7-5-2-1-3-6(8)4-5/h1-2,5-6H,3-4H2. The molecule has 0 amide bonds. The first-order chi connectivity index (χ1) is 3.79. The Morgan fingerprint density at radius 3 is 2.50 bits per heavy atom. The van der Waals surface area contributed by atoms with Gasteiger partial charge in [0.2, 0.25) is 0 Å². The summed E-state index contributed by atoms with van der Waals surface area (Å²) in [6.45, 7) is 0. The molecule has 0 aromatic carbocycles. The Morgan fingerprint density at radius 2 is 2.12 bits per heavy atom. The summed E-state index contributed by atoms with van der Waals surface area (Å²) in [5, 5.41) is 0. The van der Waals surface area contributed by atoms with Crippen molar-refractivity contribution < 1.29 is 8.78 Å². The molecule has 2 heteroatoms. The van der Waals surface area contributed by atoms with Crippen molar-refractivity contribution in [3.8, 4) is 0 Å². The van der Waals surface area contributed by atoms with E-state index in [0.717, 1.165) is 0 Å². The summed E-state index contributed by atoms with van der Waals surface area (Å²) in [4.78, 5) is 0. The Balaban J connectivity index is 2.42. The Morgan fingerprint density at radius 1 is 1.38 bits per heavy atom. The third-order valence-electron chi connectivity index (χ3n) is 1.22. The minimum Gasteiger partial charge on any atom is -0.247 e. The van der Waals surface area contributed by atoms with Crippen molar-refractivity contribution >= 4 is 0 Å². The molecule has 0 saturated heterocycles. The van der Waals surface area contributed by atoms with E-state index >= 15 is 0 Å². The average Bonchev–Trinajstić information content (AvgIpc) is 1.64. The zero-order valence-electron chi connectivity index (χ0n) is 4.48. The van der Waals surface area contributed by atoms with Crippen LogP contribution >= 0.6 is 0 Å². The van der Waals surface area contributed by atoms with Crippen LogP contribution in [-0.4, -0.2) is 12.3 Å². The van der Waals surface area contributed by atoms with Gasteiger partial charge in [0.05, 0.1) is 0 Å². The van der Waals surface area contributed by atoms with E-state index in [9.17, 15) is 8.78 Å². The van der Waals surface area contributed by atoms with Gasteiger partial charge in [-0.05, 0) is 6.42 Å². The molecule has 8 heavy (non-hydrogen) atoms. The monoisotopic (exact) mass is 118 g/mol. The van der Waals surface area contributed by atoms with E-state index in [0.29, 0.717) is 6.42 Å². The summed E-state index contributed by atoms with van der Waals surface area (Å²) in [5.74, 6) is 0. The van der Waals surface area contributed by atoms with Gasteiger partial charge in [0.15, 0.2) is 0 Å². The van der Waals surface area contributed by atoms with E-state index in [-0.39, 0.29) is 6.42 Å². The maximum atomic E-state index is 12.1. The highest BCUT2D eigenvalue weighted by Crippen LogP contribution is 2.16. The second-order valence-corrected chi connectivity index (χ2v) is 2.01. The number of alkyl halides is 2. The van der Waals surface area contributed by atoms with Crippen LogP contribution in [0.1, 0.15) is 12.8 Å². The molecule has 0 aliphatic heterocycles. The highest BCUT2D eigenvalue weighted by atomic mass is 19.1. The molecule has 1 rings (SSSR count). The largest absolute Gasteiger partial charge is 0.247 e. The van der Waals surface area contributed by atoms with Crippen LogP contribution in [0.2, 0.25) is 0 Å². The van der Waals surface area contributed by atoms with Gasteiger partial charge in [0.1, 0.15) is 12.3 Å². The second-order valence-electron chi connectivity index (χ2n) is 2.01. The van der Waals surface area contributed by atoms with Gasteiger partial charge in [-0.15, -0.1) is 0 Å². The molecule has 0 N–H and O–H groups in total. The average molecular weight is 118 g/mol. The molecule has 0 aromatic heterocycles. The fourth-order valence-corrected chi connectivity index (χ4v) is 0.793. The molecule has 46 valence electrons. The summed E-state index contributed by atoms with van der Waals surface area (Å²) in [7, 11) is 0. The maximum Gasteiger partial charge on any atom is 0.121 e. The molecule has 0 nitrogen and oxygen atoms in total. The second kappa shape index (κ2) is 2.25. The van der Waals surface area contributed by atoms with Crippen LogP contribution in [0, 0.1) is 0 Å². The Hall–Kier alpha value is -0.400. The molecular formula is C6H8F2. The molecule has 0 fully saturated rings. The van der Waals surface area contributed by atoms with Crippen molar-refractivity contribution in [3.63, 3.8) is 0 Å². The van der Waals surface area contributed by atoms with Crippen molar-refractivity contribution in [2.24, 2.45) is 0 Å². The summed E-state index contributed by atoms with van der Waals surface area (Å²) in [5.41, 5.74) is 0. The van der Waals surface area contributed by atoms with Crippen molar-refractivity contribution in [3.05, 3.63) is 12.2 Å². The minimum atomic E-state index is -1.04. The Bertz CT molecular complexity index is 98.7. The zero-order valence-corrected chi connectivity index (χ0v) is 4.48. The van der Waals surface area contributed by atoms with Crippen LogP contribution in [0.5, 0.6) is 0 Å². The molecule has 0 aromatic rings. The van der Waals surface area contributed by atoms with Crippen molar-refractivity contribution in [2.45, 2.75) is 25.2 Å². The van der Waals surface area contributed by atoms with Gasteiger partial charge in [0.25, 0.3) is 0 Å². The lowest BCUT2D eigenvalue weighted by Crippen LogP contribution is -2.11. The lowest BCUT2D eigenvalue weighted by atomic mass is 10.1. The van der Waals surface area contributed by atoms with E-state index in [1.165, 1.54) is 6.08 Å². The zero-order chi connectivity index (χ0) is 5.98. The van der Waals surface area contributed by atoms with Crippen LogP contribution in [0.3, 0.4) is 0 Å². The van der Waals surface area contributed by atoms with Gasteiger partial charge < -0.3 is 0 Å². The SMILES string of the molecule is FC1C=CCC(F)C1. The lowest BCUT2D eigenvalue weighted by molar-refractivity contribution is 0.238. The molecule has 0 heterocycles. The van der Waals surface area contributed by atoms with E-state index in [1.807, 2.05) is 0 Å². The van der Waals surface area contributed by atoms with Crippen LogP contribution in [0.15, 0.2) is 12.2 Å². The number of allylic oxidation sites excluding steroid dienone is 2. The van der Waals surface area contributed by atoms with E-state index < -0.39 is 12.3 Å². The first-order valence-corrected chi connectivity index (χ1v) is 2.74. The quantitative estimate of drug-likeness (QED) is 0.427. The fraction of sp³-hybridized carbons (Fsp3) is 0.667. The van der Waals surface area contributed by atoms with E-state index in [4.69, 9.17) is 0 Å². The highest BCUT2D eigenvalue weighted by molar-refractivity contribution is 4.96. The normalized spacial score (nSPS) is 37.8. The summed E-state index contributed by atoms with van der Waals surface area (Å²) in [6, 6.07) is 0. The molecule has 0 radical (unpaired) electrons. The van der Waals surface area contributed by atoms with E-state index in [2.05, 4.69) is 0 Å². The summed E-state index contributed by atoms with van der Waals surface area (Å²) < 4.78 is 24.2. The Kier molecular flexibility index (Phi) is 1.61. The predicted octanol–water partition coefficient (Wildman–Crippen LogP) is 2.01. The molecular weight excluding hydrogens is 110 g/mol. The number of hydrogen-bond acceptors (Lipinski definition) is 0. The molecule has 2 atom stereocenters. The third-order valence-corrected chi connectivity index (χ3v) is 1.22. The van der Waals surface area contributed by atoms with Gasteiger partial charge >= 0.3 is 0 Å². The van der Waals surface area contributed by atoms with Crippen LogP contribution in [-0.2, 0) is 0 Å². The molecule has 1 aliphatic carbocycles. The molecule has 0 saturated carbocycles. The summed E-state index contributed by atoms with van der Waals surface area (Å²) in [6.07, 6.45) is 1.42. The van der Waals surface area contributed by atoms with Crippen LogP contribution < -0.4 is 0 Å². The molecule has 1 aliphatic rings. The van der Waals surface area contributed by atoms with E-state index in [1.54, 1.807) is 6.08 Å². The third kappa shape index (κ3) is 1.29.